The first-order valence-corrected chi connectivity index (χ1v) is 7.09. The van der Waals surface area contributed by atoms with Crippen LogP contribution < -0.4 is 10.5 Å². The fourth-order valence-electron chi connectivity index (χ4n) is 3.01. The fraction of sp³-hybridized carbons (Fsp3) is 0.529. The van der Waals surface area contributed by atoms with Gasteiger partial charge >= 0.3 is 0 Å². The van der Waals surface area contributed by atoms with E-state index in [4.69, 9.17) is 10.5 Å². The van der Waals surface area contributed by atoms with Crippen LogP contribution in [0.15, 0.2) is 36.4 Å². The Morgan fingerprint density at radius 2 is 2.10 bits per heavy atom. The van der Waals surface area contributed by atoms with Crippen molar-refractivity contribution in [3.05, 3.63) is 42.0 Å². The van der Waals surface area contributed by atoms with E-state index in [0.29, 0.717) is 0 Å². The zero-order valence-electron chi connectivity index (χ0n) is 13.4. The van der Waals surface area contributed by atoms with E-state index in [1.54, 1.807) is 7.11 Å². The highest BCUT2D eigenvalue weighted by Crippen LogP contribution is 2.34. The third kappa shape index (κ3) is 3.62. The summed E-state index contributed by atoms with van der Waals surface area (Å²) < 4.78 is 5.34. The largest absolute Gasteiger partial charge is 0.497 e. The van der Waals surface area contributed by atoms with Crippen molar-refractivity contribution < 1.29 is 4.74 Å². The van der Waals surface area contributed by atoms with E-state index in [-0.39, 0.29) is 6.04 Å². The van der Waals surface area contributed by atoms with Crippen LogP contribution in [0.3, 0.4) is 0 Å². The van der Waals surface area contributed by atoms with Crippen LogP contribution in [-0.4, -0.2) is 32.1 Å². The minimum atomic E-state index is -0.460. The van der Waals surface area contributed by atoms with Gasteiger partial charge in [0.15, 0.2) is 0 Å². The SMILES string of the molecule is C=C(C)CC(N)(c1cccc(OC)c1)C(CC)N(C)C. The molecule has 3 nitrogen and oxygen atoms in total. The topological polar surface area (TPSA) is 38.5 Å². The molecule has 1 rings (SSSR count). The molecule has 0 bridgehead atoms. The first-order valence-electron chi connectivity index (χ1n) is 7.09. The third-order valence-electron chi connectivity index (χ3n) is 3.81. The molecule has 2 N–H and O–H groups in total. The molecule has 112 valence electrons. The van der Waals surface area contributed by atoms with E-state index in [9.17, 15) is 0 Å². The average Bonchev–Trinajstić information content (AvgIpc) is 2.38. The summed E-state index contributed by atoms with van der Waals surface area (Å²) >= 11 is 0. The highest BCUT2D eigenvalue weighted by Gasteiger charge is 2.37. The van der Waals surface area contributed by atoms with Gasteiger partial charge in [0.1, 0.15) is 5.75 Å². The number of hydrogen-bond donors (Lipinski definition) is 1. The molecule has 0 heterocycles. The van der Waals surface area contributed by atoms with Crippen molar-refractivity contribution >= 4 is 0 Å². The first-order chi connectivity index (χ1) is 9.35. The molecule has 0 amide bonds. The number of likely N-dealkylation sites (N-methyl/N-ethyl adjacent to an activating group) is 1. The molecule has 0 saturated carbocycles. The summed E-state index contributed by atoms with van der Waals surface area (Å²) in [4.78, 5) is 2.20. The molecule has 0 aliphatic rings. The van der Waals surface area contributed by atoms with Gasteiger partial charge in [-0.25, -0.2) is 0 Å². The monoisotopic (exact) mass is 276 g/mol. The molecule has 0 saturated heterocycles. The van der Waals surface area contributed by atoms with Gasteiger partial charge in [0.25, 0.3) is 0 Å². The van der Waals surface area contributed by atoms with Gasteiger partial charge in [0, 0.05) is 6.04 Å². The summed E-state index contributed by atoms with van der Waals surface area (Å²) in [7, 11) is 5.84. The molecule has 1 aromatic carbocycles. The van der Waals surface area contributed by atoms with E-state index < -0.39 is 5.54 Å². The van der Waals surface area contributed by atoms with Crippen molar-refractivity contribution in [1.29, 1.82) is 0 Å². The number of nitrogens with zero attached hydrogens (tertiary/aromatic N) is 1. The minimum absolute atomic E-state index is 0.242. The van der Waals surface area contributed by atoms with Crippen molar-refractivity contribution in [3.63, 3.8) is 0 Å². The van der Waals surface area contributed by atoms with Gasteiger partial charge < -0.3 is 15.4 Å². The summed E-state index contributed by atoms with van der Waals surface area (Å²) in [6, 6.07) is 8.30. The molecule has 0 spiro atoms. The van der Waals surface area contributed by atoms with Crippen LogP contribution >= 0.6 is 0 Å². The van der Waals surface area contributed by atoms with Crippen LogP contribution in [0.25, 0.3) is 0 Å². The Morgan fingerprint density at radius 1 is 1.45 bits per heavy atom. The summed E-state index contributed by atoms with van der Waals surface area (Å²) in [5, 5.41) is 0. The van der Waals surface area contributed by atoms with Gasteiger partial charge in [-0.05, 0) is 51.6 Å². The van der Waals surface area contributed by atoms with Crippen molar-refractivity contribution in [2.24, 2.45) is 5.73 Å². The molecule has 1 aromatic rings. The van der Waals surface area contributed by atoms with Gasteiger partial charge in [0.05, 0.1) is 12.6 Å². The quantitative estimate of drug-likeness (QED) is 0.778. The van der Waals surface area contributed by atoms with Gasteiger partial charge in [-0.3, -0.25) is 0 Å². The predicted molar refractivity (Wildman–Crippen MR) is 86.1 cm³/mol. The standard InChI is InChI=1S/C17H28N2O/c1-7-16(19(4)5)17(18,12-13(2)3)14-9-8-10-15(11-14)20-6/h8-11,16H,2,7,12,18H2,1,3-6H3. The van der Waals surface area contributed by atoms with Gasteiger partial charge in [-0.2, -0.15) is 0 Å². The second-order valence-electron chi connectivity index (χ2n) is 5.79. The maximum absolute atomic E-state index is 6.84. The lowest BCUT2D eigenvalue weighted by atomic mass is 9.77. The van der Waals surface area contributed by atoms with E-state index in [2.05, 4.69) is 38.6 Å². The van der Waals surface area contributed by atoms with Crippen molar-refractivity contribution in [1.82, 2.24) is 4.90 Å². The van der Waals surface area contributed by atoms with Gasteiger partial charge in [-0.1, -0.05) is 24.6 Å². The van der Waals surface area contributed by atoms with Crippen LogP contribution in [0.4, 0.5) is 0 Å². The number of ether oxygens (including phenoxy) is 1. The van der Waals surface area contributed by atoms with Gasteiger partial charge in [0.2, 0.25) is 0 Å². The Labute approximate surface area is 123 Å². The first kappa shape index (κ1) is 16.7. The molecule has 20 heavy (non-hydrogen) atoms. The zero-order chi connectivity index (χ0) is 15.3. The normalized spacial score (nSPS) is 15.8. The molecule has 0 radical (unpaired) electrons. The second kappa shape index (κ2) is 6.91. The van der Waals surface area contributed by atoms with E-state index in [1.807, 2.05) is 25.1 Å². The summed E-state index contributed by atoms with van der Waals surface area (Å²) in [6.45, 7) is 8.26. The molecule has 0 aromatic heterocycles. The smallest absolute Gasteiger partial charge is 0.119 e. The maximum Gasteiger partial charge on any atom is 0.119 e. The zero-order valence-corrected chi connectivity index (χ0v) is 13.4. The van der Waals surface area contributed by atoms with E-state index >= 15 is 0 Å². The number of nitrogens with two attached hydrogens (primary N) is 1. The van der Waals surface area contributed by atoms with Crippen LogP contribution in [0.2, 0.25) is 0 Å². The lowest BCUT2D eigenvalue weighted by Crippen LogP contribution is -2.54. The number of rotatable bonds is 7. The lowest BCUT2D eigenvalue weighted by Gasteiger charge is -2.42. The predicted octanol–water partition coefficient (Wildman–Crippen LogP) is 3.16. The maximum atomic E-state index is 6.84. The number of benzene rings is 1. The Morgan fingerprint density at radius 3 is 2.55 bits per heavy atom. The van der Waals surface area contributed by atoms with Crippen molar-refractivity contribution in [2.45, 2.75) is 38.3 Å². The third-order valence-corrected chi connectivity index (χ3v) is 3.81. The Hall–Kier alpha value is -1.32. The van der Waals surface area contributed by atoms with Crippen LogP contribution in [0.1, 0.15) is 32.3 Å². The molecule has 0 aliphatic carbocycles. The molecule has 2 unspecified atom stereocenters. The van der Waals surface area contributed by atoms with Crippen LogP contribution in [0.5, 0.6) is 5.75 Å². The van der Waals surface area contributed by atoms with Crippen molar-refractivity contribution in [2.75, 3.05) is 21.2 Å². The Bertz CT molecular complexity index is 456. The summed E-state index contributed by atoms with van der Waals surface area (Å²) in [6.07, 6.45) is 1.74. The molecular weight excluding hydrogens is 248 g/mol. The molecule has 0 fully saturated rings. The van der Waals surface area contributed by atoms with Gasteiger partial charge in [-0.15, -0.1) is 6.58 Å². The lowest BCUT2D eigenvalue weighted by molar-refractivity contribution is 0.168. The van der Waals surface area contributed by atoms with Crippen LogP contribution in [0, 0.1) is 0 Å². The highest BCUT2D eigenvalue weighted by atomic mass is 16.5. The Balaban J connectivity index is 3.31. The highest BCUT2D eigenvalue weighted by molar-refractivity contribution is 5.35. The van der Waals surface area contributed by atoms with Crippen LogP contribution in [-0.2, 0) is 5.54 Å². The Kier molecular flexibility index (Phi) is 5.78. The van der Waals surface area contributed by atoms with Crippen molar-refractivity contribution in [3.8, 4) is 5.75 Å². The van der Waals surface area contributed by atoms with E-state index in [1.165, 1.54) is 0 Å². The summed E-state index contributed by atoms with van der Waals surface area (Å²) in [5.41, 5.74) is 8.57. The van der Waals surface area contributed by atoms with E-state index in [0.717, 1.165) is 29.7 Å². The second-order valence-corrected chi connectivity index (χ2v) is 5.79. The molecule has 2 atom stereocenters. The fourth-order valence-corrected chi connectivity index (χ4v) is 3.01. The molecular formula is C17H28N2O. The minimum Gasteiger partial charge on any atom is -0.497 e. The average molecular weight is 276 g/mol. The molecule has 3 heteroatoms. The molecule has 0 aliphatic heterocycles. The number of methoxy groups -OCH3 is 1. The number of hydrogen-bond acceptors (Lipinski definition) is 3. The summed E-state index contributed by atoms with van der Waals surface area (Å²) in [5.74, 6) is 0.840.